The predicted octanol–water partition coefficient (Wildman–Crippen LogP) is 4.25. The smallest absolute Gasteiger partial charge is 0.407 e. The molecule has 11 nitrogen and oxygen atoms in total. The third kappa shape index (κ3) is 5.77. The zero-order valence-corrected chi connectivity index (χ0v) is 22.4. The minimum absolute atomic E-state index is 0.000390. The van der Waals surface area contributed by atoms with E-state index in [4.69, 9.17) is 5.11 Å². The number of carbonyl (C=O) groups is 3. The molecule has 13 heteroatoms. The number of hydrogen-bond donors (Lipinski definition) is 4. The van der Waals surface area contributed by atoms with Crippen LogP contribution in [0.3, 0.4) is 0 Å². The van der Waals surface area contributed by atoms with Gasteiger partial charge in [0.25, 0.3) is 5.91 Å². The molecule has 4 N–H and O–H groups in total. The lowest BCUT2D eigenvalue weighted by Gasteiger charge is -2.31. The average Bonchev–Trinajstić information content (AvgIpc) is 2.89. The number of benzene rings is 2. The molecular formula is C27H29F2N7O4. The lowest BCUT2D eigenvalue weighted by Crippen LogP contribution is -2.43. The van der Waals surface area contributed by atoms with Crippen LogP contribution in [0, 0.1) is 18.6 Å². The lowest BCUT2D eigenvalue weighted by molar-refractivity contribution is 0.0943. The number of nitrogens with zero attached hydrogens (tertiary/aromatic N) is 4. The number of hydrogen-bond acceptors (Lipinski definition) is 6. The lowest BCUT2D eigenvalue weighted by atomic mass is 9.97. The number of rotatable bonds is 8. The van der Waals surface area contributed by atoms with Gasteiger partial charge in [-0.05, 0) is 50.6 Å². The number of nitrogens with one attached hydrogen (secondary N) is 3. The average molecular weight is 554 g/mol. The van der Waals surface area contributed by atoms with Gasteiger partial charge in [0.15, 0.2) is 5.82 Å². The summed E-state index contributed by atoms with van der Waals surface area (Å²) in [5, 5.41) is 17.5. The molecule has 0 radical (unpaired) electrons. The van der Waals surface area contributed by atoms with Crippen LogP contribution in [0.15, 0.2) is 36.4 Å². The number of para-hydroxylation sites is 1. The quantitative estimate of drug-likeness (QED) is 0.327. The number of carbonyl (C=O) groups excluding carboxylic acids is 2. The van der Waals surface area contributed by atoms with Crippen molar-refractivity contribution in [1.29, 1.82) is 0 Å². The number of aryl methyl sites for hydroxylation is 1. The summed E-state index contributed by atoms with van der Waals surface area (Å²) in [6.07, 6.45) is -1.13. The monoisotopic (exact) mass is 553 g/mol. The highest BCUT2D eigenvalue weighted by atomic mass is 19.1. The van der Waals surface area contributed by atoms with Crippen molar-refractivity contribution in [3.05, 3.63) is 64.7 Å². The van der Waals surface area contributed by atoms with Gasteiger partial charge in [-0.1, -0.05) is 12.1 Å². The highest BCUT2D eigenvalue weighted by Crippen LogP contribution is 2.39. The molecule has 1 aromatic heterocycles. The summed E-state index contributed by atoms with van der Waals surface area (Å²) in [6.45, 7) is 5.65. The zero-order valence-electron chi connectivity index (χ0n) is 22.4. The number of amides is 4. The minimum Gasteiger partial charge on any atom is -0.465 e. The van der Waals surface area contributed by atoms with Gasteiger partial charge in [-0.3, -0.25) is 4.79 Å². The topological polar surface area (TPSA) is 140 Å². The Kier molecular flexibility index (Phi) is 8.12. The van der Waals surface area contributed by atoms with E-state index < -0.39 is 29.4 Å². The molecule has 0 fully saturated rings. The van der Waals surface area contributed by atoms with E-state index in [2.05, 4.69) is 25.9 Å². The number of carboxylic acid groups (broad SMARTS) is 1. The van der Waals surface area contributed by atoms with E-state index in [0.29, 0.717) is 22.4 Å². The van der Waals surface area contributed by atoms with Gasteiger partial charge in [0, 0.05) is 42.9 Å². The fourth-order valence-corrected chi connectivity index (χ4v) is 4.17. The second-order valence-electron chi connectivity index (χ2n) is 9.55. The number of fused-ring (bicyclic) bond motifs is 1. The summed E-state index contributed by atoms with van der Waals surface area (Å²) in [5.74, 6) is -2.28. The highest BCUT2D eigenvalue weighted by molar-refractivity contribution is 6.02. The van der Waals surface area contributed by atoms with Crippen molar-refractivity contribution in [2.24, 2.45) is 0 Å². The Morgan fingerprint density at radius 1 is 1.18 bits per heavy atom. The molecule has 0 atom stereocenters. The van der Waals surface area contributed by atoms with Crippen LogP contribution in [0.4, 0.5) is 35.8 Å². The van der Waals surface area contributed by atoms with Crippen LogP contribution in [0.5, 0.6) is 0 Å². The van der Waals surface area contributed by atoms with E-state index in [9.17, 15) is 23.2 Å². The summed E-state index contributed by atoms with van der Waals surface area (Å²) in [6, 6.07) is 7.45. The first kappa shape index (κ1) is 28.2. The minimum atomic E-state index is -1.13. The maximum atomic E-state index is 14.9. The number of halogens is 2. The van der Waals surface area contributed by atoms with Crippen LogP contribution in [0.25, 0.3) is 11.3 Å². The molecule has 1 aliphatic heterocycles. The van der Waals surface area contributed by atoms with Gasteiger partial charge in [-0.25, -0.2) is 28.3 Å². The van der Waals surface area contributed by atoms with Crippen molar-refractivity contribution in [2.75, 3.05) is 30.4 Å². The Bertz CT molecular complexity index is 1460. The van der Waals surface area contributed by atoms with Crippen molar-refractivity contribution in [3.63, 3.8) is 0 Å². The first-order valence-corrected chi connectivity index (χ1v) is 12.5. The van der Waals surface area contributed by atoms with E-state index in [0.717, 1.165) is 27.5 Å². The summed E-state index contributed by atoms with van der Waals surface area (Å²) in [5.41, 5.74) is 1.77. The van der Waals surface area contributed by atoms with Crippen LogP contribution in [-0.2, 0) is 6.54 Å². The predicted molar refractivity (Wildman–Crippen MR) is 145 cm³/mol. The third-order valence-corrected chi connectivity index (χ3v) is 6.21. The van der Waals surface area contributed by atoms with E-state index in [1.807, 2.05) is 20.8 Å². The molecule has 4 amide bonds. The molecule has 2 heterocycles. The van der Waals surface area contributed by atoms with E-state index in [1.165, 1.54) is 13.1 Å². The van der Waals surface area contributed by atoms with Crippen molar-refractivity contribution in [3.8, 4) is 11.3 Å². The normalized spacial score (nSPS) is 12.6. The van der Waals surface area contributed by atoms with Crippen LogP contribution < -0.4 is 20.9 Å². The molecule has 1 aliphatic rings. The second-order valence-corrected chi connectivity index (χ2v) is 9.55. The molecule has 3 aromatic rings. The first-order valence-electron chi connectivity index (χ1n) is 12.5. The number of urea groups is 1. The van der Waals surface area contributed by atoms with Gasteiger partial charge < -0.3 is 26.0 Å². The van der Waals surface area contributed by atoms with E-state index in [1.54, 1.807) is 18.2 Å². The van der Waals surface area contributed by atoms with Gasteiger partial charge in [0.2, 0.25) is 5.95 Å². The molecule has 0 unspecified atom stereocenters. The van der Waals surface area contributed by atoms with Crippen LogP contribution in [0.1, 0.15) is 35.3 Å². The first-order chi connectivity index (χ1) is 19.0. The number of likely N-dealkylation sites (N-methyl/N-ethyl adjacent to an activating group) is 1. The van der Waals surface area contributed by atoms with Gasteiger partial charge in [-0.2, -0.15) is 4.98 Å². The maximum Gasteiger partial charge on any atom is 0.407 e. The standard InChI is InChI=1S/C27H29F2N7O4/c1-14(2)32-24(37)16-9-8-15(3)17(12-16)21-18-13-31-26(38)36(22-19(28)6-5-7-20(22)29)23(18)34-25(33-21)30-10-11-35(4)27(39)40/h5-9,12,14H,10-11,13H2,1-4H3,(H,31,38)(H,32,37)(H,39,40)(H,30,33,34). The largest absolute Gasteiger partial charge is 0.465 e. The van der Waals surface area contributed by atoms with Crippen LogP contribution in [0.2, 0.25) is 0 Å². The van der Waals surface area contributed by atoms with Crippen molar-refractivity contribution >= 4 is 35.5 Å². The fraction of sp³-hybridized carbons (Fsp3) is 0.296. The molecule has 2 aromatic carbocycles. The van der Waals surface area contributed by atoms with Gasteiger partial charge in [0.05, 0.1) is 12.2 Å². The summed E-state index contributed by atoms with van der Waals surface area (Å²) < 4.78 is 29.8. The Labute approximate surface area is 229 Å². The molecule has 0 spiro atoms. The maximum absolute atomic E-state index is 14.9. The number of aromatic nitrogens is 2. The molecule has 0 bridgehead atoms. The molecule has 0 saturated carbocycles. The molecule has 0 saturated heterocycles. The summed E-state index contributed by atoms with van der Waals surface area (Å²) >= 11 is 0. The van der Waals surface area contributed by atoms with Crippen molar-refractivity contribution in [1.82, 2.24) is 25.5 Å². The molecule has 4 rings (SSSR count). The van der Waals surface area contributed by atoms with Gasteiger partial charge in [-0.15, -0.1) is 0 Å². The summed E-state index contributed by atoms with van der Waals surface area (Å²) in [4.78, 5) is 47.9. The molecule has 0 aliphatic carbocycles. The SMILES string of the molecule is Cc1ccc(C(=O)NC(C)C)cc1-c1nc(NCCN(C)C(=O)O)nc2c1CNC(=O)N2c1c(F)cccc1F. The Morgan fingerprint density at radius 3 is 2.52 bits per heavy atom. The molecular weight excluding hydrogens is 524 g/mol. The fourth-order valence-electron chi connectivity index (χ4n) is 4.17. The van der Waals surface area contributed by atoms with Gasteiger partial charge in [0.1, 0.15) is 17.3 Å². The van der Waals surface area contributed by atoms with E-state index >= 15 is 0 Å². The Balaban J connectivity index is 1.89. The highest BCUT2D eigenvalue weighted by Gasteiger charge is 2.34. The van der Waals surface area contributed by atoms with Crippen LogP contribution >= 0.6 is 0 Å². The zero-order chi connectivity index (χ0) is 29.1. The summed E-state index contributed by atoms with van der Waals surface area (Å²) in [7, 11) is 1.40. The molecule has 40 heavy (non-hydrogen) atoms. The van der Waals surface area contributed by atoms with E-state index in [-0.39, 0.29) is 43.3 Å². The third-order valence-electron chi connectivity index (χ3n) is 6.21. The van der Waals surface area contributed by atoms with Crippen molar-refractivity contribution < 1.29 is 28.3 Å². The Hall–Kier alpha value is -4.81. The van der Waals surface area contributed by atoms with Crippen LogP contribution in [-0.4, -0.2) is 64.2 Å². The number of anilines is 3. The molecule has 210 valence electrons. The van der Waals surface area contributed by atoms with Crippen molar-refractivity contribution in [2.45, 2.75) is 33.4 Å². The Morgan fingerprint density at radius 2 is 1.88 bits per heavy atom. The van der Waals surface area contributed by atoms with Gasteiger partial charge >= 0.3 is 12.1 Å². The second kappa shape index (κ2) is 11.5.